The van der Waals surface area contributed by atoms with E-state index in [2.05, 4.69) is 10.1 Å². The molecule has 3 N–H and O–H groups in total. The van der Waals surface area contributed by atoms with Crippen LogP contribution in [0.1, 0.15) is 10.4 Å². The molecule has 0 atom stereocenters. The average molecular weight is 277 g/mol. The predicted molar refractivity (Wildman–Crippen MR) is 68.9 cm³/mol. The molecule has 0 aliphatic heterocycles. The first-order chi connectivity index (χ1) is 9.08. The molecule has 19 heavy (non-hydrogen) atoms. The van der Waals surface area contributed by atoms with Crippen molar-refractivity contribution in [2.24, 2.45) is 0 Å². The van der Waals surface area contributed by atoms with E-state index in [1.165, 1.54) is 17.4 Å². The smallest absolute Gasteiger partial charge is 0.345 e. The Hall–Kier alpha value is -2.61. The van der Waals surface area contributed by atoms with Crippen LogP contribution in [-0.4, -0.2) is 25.7 Å². The van der Waals surface area contributed by atoms with Gasteiger partial charge in [-0.2, -0.15) is 4.52 Å². The Morgan fingerprint density at radius 3 is 2.79 bits per heavy atom. The number of H-pyrrole nitrogens is 2. The first-order valence-electron chi connectivity index (χ1n) is 5.23. The Kier molecular flexibility index (Phi) is 2.39. The predicted octanol–water partition coefficient (Wildman–Crippen LogP) is 0.743. The summed E-state index contributed by atoms with van der Waals surface area (Å²) in [7, 11) is 0. The van der Waals surface area contributed by atoms with Gasteiger partial charge in [-0.3, -0.25) is 14.7 Å². The van der Waals surface area contributed by atoms with Gasteiger partial charge in [0.05, 0.1) is 10.6 Å². The summed E-state index contributed by atoms with van der Waals surface area (Å²) < 4.78 is 0.892. The van der Waals surface area contributed by atoms with Crippen LogP contribution in [0.5, 0.6) is 0 Å². The Morgan fingerprint density at radius 1 is 1.37 bits per heavy atom. The fourth-order valence-electron chi connectivity index (χ4n) is 1.83. The van der Waals surface area contributed by atoms with Gasteiger partial charge in [0.2, 0.25) is 0 Å². The van der Waals surface area contributed by atoms with Crippen molar-refractivity contribution in [3.8, 4) is 10.6 Å². The maximum Gasteiger partial charge on any atom is 0.345 e. The third-order valence-electron chi connectivity index (χ3n) is 2.64. The maximum absolute atomic E-state index is 11.9. The SMILES string of the molecule is O=C(O)c1c(=O)[nH]n2c(=O)cc(-c3cccs3)[nH]c12. The van der Waals surface area contributed by atoms with Crippen LogP contribution in [0, 0.1) is 0 Å². The van der Waals surface area contributed by atoms with Crippen molar-refractivity contribution in [3.05, 3.63) is 49.9 Å². The Morgan fingerprint density at radius 2 is 2.16 bits per heavy atom. The van der Waals surface area contributed by atoms with Gasteiger partial charge < -0.3 is 10.1 Å². The van der Waals surface area contributed by atoms with E-state index in [1.807, 2.05) is 11.4 Å². The van der Waals surface area contributed by atoms with E-state index in [-0.39, 0.29) is 5.65 Å². The topological polar surface area (TPSA) is 107 Å². The number of carboxylic acid groups (broad SMARTS) is 1. The molecule has 96 valence electrons. The van der Waals surface area contributed by atoms with Crippen LogP contribution in [0.4, 0.5) is 0 Å². The van der Waals surface area contributed by atoms with Crippen LogP contribution in [0.25, 0.3) is 16.2 Å². The van der Waals surface area contributed by atoms with Crippen molar-refractivity contribution >= 4 is 23.0 Å². The summed E-state index contributed by atoms with van der Waals surface area (Å²) in [6.07, 6.45) is 0. The summed E-state index contributed by atoms with van der Waals surface area (Å²) >= 11 is 1.40. The number of aromatic nitrogens is 3. The summed E-state index contributed by atoms with van der Waals surface area (Å²) in [4.78, 5) is 38.0. The molecule has 0 aliphatic carbocycles. The first kappa shape index (κ1) is 11.5. The molecule has 0 spiro atoms. The third-order valence-corrected chi connectivity index (χ3v) is 3.55. The largest absolute Gasteiger partial charge is 0.477 e. The fraction of sp³-hybridized carbons (Fsp3) is 0. The normalized spacial score (nSPS) is 10.9. The lowest BCUT2D eigenvalue weighted by atomic mass is 10.3. The van der Waals surface area contributed by atoms with Crippen LogP contribution in [-0.2, 0) is 0 Å². The lowest BCUT2D eigenvalue weighted by Crippen LogP contribution is -2.15. The van der Waals surface area contributed by atoms with Gasteiger partial charge in [0.25, 0.3) is 11.1 Å². The zero-order valence-corrected chi connectivity index (χ0v) is 10.2. The van der Waals surface area contributed by atoms with Crippen molar-refractivity contribution in [2.45, 2.75) is 0 Å². The molecule has 0 saturated heterocycles. The van der Waals surface area contributed by atoms with E-state index >= 15 is 0 Å². The molecule has 0 aliphatic rings. The number of fused-ring (bicyclic) bond motifs is 1. The van der Waals surface area contributed by atoms with Crippen molar-refractivity contribution in [1.82, 2.24) is 14.6 Å². The van der Waals surface area contributed by atoms with E-state index in [0.29, 0.717) is 5.69 Å². The highest BCUT2D eigenvalue weighted by Gasteiger charge is 2.19. The number of carbonyl (C=O) groups is 1. The molecule has 3 heterocycles. The number of aromatic carboxylic acids is 1. The second kappa shape index (κ2) is 3.95. The molecule has 3 rings (SSSR count). The number of thiophene rings is 1. The van der Waals surface area contributed by atoms with Crippen molar-refractivity contribution in [1.29, 1.82) is 0 Å². The number of aromatic amines is 2. The van der Waals surface area contributed by atoms with Gasteiger partial charge >= 0.3 is 5.97 Å². The number of carboxylic acids is 1. The van der Waals surface area contributed by atoms with Crippen LogP contribution < -0.4 is 11.1 Å². The molecule has 3 aromatic heterocycles. The average Bonchev–Trinajstić information content (AvgIpc) is 2.95. The standard InChI is InChI=1S/C11H7N3O4S/c15-7-4-5(6-2-1-3-19-6)12-9-8(11(17)18)10(16)13-14(7)9/h1-4,12H,(H,13,16)(H,17,18). The van der Waals surface area contributed by atoms with E-state index in [9.17, 15) is 14.4 Å². The van der Waals surface area contributed by atoms with Gasteiger partial charge in [0.1, 0.15) is 0 Å². The number of nitrogens with zero attached hydrogens (tertiary/aromatic N) is 1. The summed E-state index contributed by atoms with van der Waals surface area (Å²) in [6, 6.07) is 4.90. The summed E-state index contributed by atoms with van der Waals surface area (Å²) in [5.74, 6) is -1.39. The third kappa shape index (κ3) is 1.69. The lowest BCUT2D eigenvalue weighted by molar-refractivity contribution is 0.0697. The van der Waals surface area contributed by atoms with Gasteiger partial charge in [-0.25, -0.2) is 4.79 Å². The fourth-order valence-corrected chi connectivity index (χ4v) is 2.53. The zero-order chi connectivity index (χ0) is 13.6. The minimum absolute atomic E-state index is 0.0478. The molecule has 0 radical (unpaired) electrons. The van der Waals surface area contributed by atoms with Gasteiger partial charge in [0, 0.05) is 6.07 Å². The summed E-state index contributed by atoms with van der Waals surface area (Å²) in [5.41, 5.74) is -1.36. The maximum atomic E-state index is 11.9. The van der Waals surface area contributed by atoms with E-state index in [0.717, 1.165) is 9.39 Å². The van der Waals surface area contributed by atoms with Crippen molar-refractivity contribution in [3.63, 3.8) is 0 Å². The Labute approximate surface area is 108 Å². The molecule has 0 fully saturated rings. The number of rotatable bonds is 2. The molecule has 8 heteroatoms. The van der Waals surface area contributed by atoms with Gasteiger partial charge in [-0.05, 0) is 11.4 Å². The molecule has 3 aromatic rings. The lowest BCUT2D eigenvalue weighted by Gasteiger charge is -2.00. The molecular formula is C11H7N3O4S. The van der Waals surface area contributed by atoms with E-state index in [1.54, 1.807) is 6.07 Å². The van der Waals surface area contributed by atoms with Crippen LogP contribution in [0.15, 0.2) is 33.2 Å². The highest BCUT2D eigenvalue weighted by Crippen LogP contribution is 2.21. The van der Waals surface area contributed by atoms with Gasteiger partial charge in [0.15, 0.2) is 11.2 Å². The highest BCUT2D eigenvalue weighted by atomic mass is 32.1. The monoisotopic (exact) mass is 277 g/mol. The number of hydrogen-bond acceptors (Lipinski definition) is 4. The Balaban J connectivity index is 2.42. The second-order valence-electron chi connectivity index (χ2n) is 3.80. The molecule has 7 nitrogen and oxygen atoms in total. The quantitative estimate of drug-likeness (QED) is 0.642. The minimum Gasteiger partial charge on any atom is -0.477 e. The Bertz CT molecular complexity index is 885. The molecule has 0 bridgehead atoms. The zero-order valence-electron chi connectivity index (χ0n) is 9.34. The summed E-state index contributed by atoms with van der Waals surface area (Å²) in [6.45, 7) is 0. The van der Waals surface area contributed by atoms with Crippen LogP contribution >= 0.6 is 11.3 Å². The molecular weight excluding hydrogens is 270 g/mol. The van der Waals surface area contributed by atoms with Crippen LogP contribution in [0.3, 0.4) is 0 Å². The molecule has 0 unspecified atom stereocenters. The highest BCUT2D eigenvalue weighted by molar-refractivity contribution is 7.13. The van der Waals surface area contributed by atoms with Gasteiger partial charge in [-0.15, -0.1) is 11.3 Å². The van der Waals surface area contributed by atoms with Crippen molar-refractivity contribution < 1.29 is 9.90 Å². The van der Waals surface area contributed by atoms with Gasteiger partial charge in [-0.1, -0.05) is 6.07 Å². The molecule has 0 aromatic carbocycles. The van der Waals surface area contributed by atoms with E-state index < -0.39 is 22.7 Å². The number of nitrogens with one attached hydrogen (secondary N) is 2. The minimum atomic E-state index is -1.39. The molecule has 0 saturated carbocycles. The summed E-state index contributed by atoms with van der Waals surface area (Å²) in [5, 5.41) is 13.0. The number of hydrogen-bond donors (Lipinski definition) is 3. The van der Waals surface area contributed by atoms with E-state index in [4.69, 9.17) is 5.11 Å². The van der Waals surface area contributed by atoms with Crippen molar-refractivity contribution in [2.75, 3.05) is 0 Å². The first-order valence-corrected chi connectivity index (χ1v) is 6.11. The molecule has 0 amide bonds. The second-order valence-corrected chi connectivity index (χ2v) is 4.75. The van der Waals surface area contributed by atoms with Crippen LogP contribution in [0.2, 0.25) is 0 Å².